The monoisotopic (exact) mass is 270 g/mol. The van der Waals surface area contributed by atoms with E-state index in [0.717, 1.165) is 6.42 Å². The zero-order valence-corrected chi connectivity index (χ0v) is 10.1. The number of hydrogen-bond donors (Lipinski definition) is 1. The van der Waals surface area contributed by atoms with Crippen LogP contribution in [0.1, 0.15) is 26.3 Å². The average Bonchev–Trinajstić information content (AvgIpc) is 2.56. The zero-order valence-electron chi connectivity index (χ0n) is 8.49. The Morgan fingerprint density at radius 3 is 3.07 bits per heavy atom. The molecule has 0 radical (unpaired) electrons. The second-order valence-corrected chi connectivity index (χ2v) is 4.17. The van der Waals surface area contributed by atoms with E-state index in [1.54, 1.807) is 4.68 Å². The van der Waals surface area contributed by atoms with Gasteiger partial charge in [0.1, 0.15) is 9.99 Å². The molecule has 1 unspecified atom stereocenters. The Balaban J connectivity index is 2.79. The van der Waals surface area contributed by atoms with Crippen LogP contribution in [-0.2, 0) is 0 Å². The largest absolute Gasteiger partial charge is 0.312 e. The fourth-order valence-corrected chi connectivity index (χ4v) is 1.95. The molecule has 0 saturated carbocycles. The molecule has 1 atom stereocenters. The second-order valence-electron chi connectivity index (χ2n) is 3.42. The van der Waals surface area contributed by atoms with E-state index in [0.29, 0.717) is 15.6 Å². The Kier molecular flexibility index (Phi) is 2.60. The van der Waals surface area contributed by atoms with Crippen molar-refractivity contribution in [2.45, 2.75) is 26.3 Å². The fourth-order valence-electron chi connectivity index (χ4n) is 1.42. The first kappa shape index (κ1) is 10.4. The van der Waals surface area contributed by atoms with Crippen LogP contribution in [0.4, 0.5) is 0 Å². The van der Waals surface area contributed by atoms with Crippen LogP contribution in [0.15, 0.2) is 15.7 Å². The molecule has 0 bridgehead atoms. The summed E-state index contributed by atoms with van der Waals surface area (Å²) in [6, 6.07) is 0.230. The molecular formula is C9H11BrN4O. The van der Waals surface area contributed by atoms with Gasteiger partial charge in [-0.3, -0.25) is 4.79 Å². The number of hydrogen-bond acceptors (Lipinski definition) is 3. The average molecular weight is 271 g/mol. The minimum absolute atomic E-state index is 0.165. The highest BCUT2D eigenvalue weighted by Crippen LogP contribution is 2.21. The van der Waals surface area contributed by atoms with Gasteiger partial charge in [0.2, 0.25) is 0 Å². The number of nitrogens with one attached hydrogen (secondary N) is 1. The first-order valence-electron chi connectivity index (χ1n) is 4.76. The smallest absolute Gasteiger partial charge is 0.263 e. The van der Waals surface area contributed by atoms with Crippen LogP contribution in [0.25, 0.3) is 11.0 Å². The molecule has 0 aliphatic carbocycles. The van der Waals surface area contributed by atoms with Crippen LogP contribution in [0.5, 0.6) is 0 Å². The van der Waals surface area contributed by atoms with E-state index in [9.17, 15) is 4.79 Å². The lowest BCUT2D eigenvalue weighted by Gasteiger charge is -2.08. The molecule has 0 amide bonds. The topological polar surface area (TPSA) is 63.6 Å². The summed E-state index contributed by atoms with van der Waals surface area (Å²) in [7, 11) is 0. The molecule has 0 fully saturated rings. The van der Waals surface area contributed by atoms with Crippen molar-refractivity contribution in [1.82, 2.24) is 19.7 Å². The number of fused-ring (bicyclic) bond motifs is 1. The summed E-state index contributed by atoms with van der Waals surface area (Å²) in [5, 5.41) is 4.78. The van der Waals surface area contributed by atoms with E-state index in [4.69, 9.17) is 0 Å². The Hall–Kier alpha value is -1.17. The highest BCUT2D eigenvalue weighted by atomic mass is 79.9. The van der Waals surface area contributed by atoms with Gasteiger partial charge in [-0.05, 0) is 29.3 Å². The van der Waals surface area contributed by atoms with Crippen LogP contribution in [0.3, 0.4) is 0 Å². The number of aromatic amines is 1. The molecule has 0 aromatic carbocycles. The van der Waals surface area contributed by atoms with Crippen LogP contribution in [0.2, 0.25) is 0 Å². The van der Waals surface area contributed by atoms with Crippen molar-refractivity contribution < 1.29 is 0 Å². The van der Waals surface area contributed by atoms with Gasteiger partial charge in [-0.15, -0.1) is 0 Å². The first-order valence-corrected chi connectivity index (χ1v) is 5.55. The fraction of sp³-hybridized carbons (Fsp3) is 0.444. The highest BCUT2D eigenvalue weighted by molar-refractivity contribution is 9.10. The lowest BCUT2D eigenvalue weighted by Crippen LogP contribution is -2.09. The Bertz CT molecular complexity index is 545. The third kappa shape index (κ3) is 1.58. The predicted octanol–water partition coefficient (Wildman–Crippen LogP) is 1.85. The van der Waals surface area contributed by atoms with Crippen molar-refractivity contribution >= 4 is 27.0 Å². The van der Waals surface area contributed by atoms with Gasteiger partial charge in [0.05, 0.1) is 12.4 Å². The SMILES string of the molecule is CCC(C)n1nc(Br)c2c(=O)[nH]cnc21. The van der Waals surface area contributed by atoms with Gasteiger partial charge in [-0.25, -0.2) is 9.67 Å². The minimum atomic E-state index is -0.165. The van der Waals surface area contributed by atoms with Crippen LogP contribution in [-0.4, -0.2) is 19.7 Å². The zero-order chi connectivity index (χ0) is 11.0. The van der Waals surface area contributed by atoms with Crippen LogP contribution >= 0.6 is 15.9 Å². The van der Waals surface area contributed by atoms with E-state index >= 15 is 0 Å². The Labute approximate surface area is 94.6 Å². The van der Waals surface area contributed by atoms with E-state index in [1.807, 2.05) is 6.92 Å². The van der Waals surface area contributed by atoms with Crippen molar-refractivity contribution in [3.8, 4) is 0 Å². The normalized spacial score (nSPS) is 13.3. The standard InChI is InChI=1S/C9H11BrN4O/c1-3-5(2)14-8-6(7(10)13-14)9(15)12-4-11-8/h4-5H,3H2,1-2H3,(H,11,12,15). The molecule has 0 aliphatic heterocycles. The van der Waals surface area contributed by atoms with E-state index in [1.165, 1.54) is 6.33 Å². The quantitative estimate of drug-likeness (QED) is 0.906. The summed E-state index contributed by atoms with van der Waals surface area (Å²) in [6.45, 7) is 4.11. The minimum Gasteiger partial charge on any atom is -0.312 e. The molecule has 0 spiro atoms. The first-order chi connectivity index (χ1) is 7.15. The summed E-state index contributed by atoms with van der Waals surface area (Å²) >= 11 is 3.27. The lowest BCUT2D eigenvalue weighted by atomic mass is 10.3. The number of rotatable bonds is 2. The molecule has 6 heteroatoms. The predicted molar refractivity (Wildman–Crippen MR) is 60.9 cm³/mol. The Morgan fingerprint density at radius 1 is 1.67 bits per heavy atom. The summed E-state index contributed by atoms with van der Waals surface area (Å²) in [5.74, 6) is 0. The van der Waals surface area contributed by atoms with Crippen molar-refractivity contribution in [3.05, 3.63) is 21.3 Å². The second kappa shape index (κ2) is 3.77. The summed E-state index contributed by atoms with van der Waals surface area (Å²) in [5.41, 5.74) is 0.460. The van der Waals surface area contributed by atoms with Gasteiger partial charge >= 0.3 is 0 Å². The maximum Gasteiger partial charge on any atom is 0.263 e. The van der Waals surface area contributed by atoms with Gasteiger partial charge in [-0.2, -0.15) is 5.10 Å². The van der Waals surface area contributed by atoms with Gasteiger partial charge in [0, 0.05) is 0 Å². The molecule has 5 nitrogen and oxygen atoms in total. The van der Waals surface area contributed by atoms with Crippen molar-refractivity contribution in [3.63, 3.8) is 0 Å². The van der Waals surface area contributed by atoms with Crippen molar-refractivity contribution in [1.29, 1.82) is 0 Å². The lowest BCUT2D eigenvalue weighted by molar-refractivity contribution is 0.487. The molecule has 1 N–H and O–H groups in total. The molecule has 2 aromatic rings. The number of aromatic nitrogens is 4. The van der Waals surface area contributed by atoms with Crippen molar-refractivity contribution in [2.24, 2.45) is 0 Å². The summed E-state index contributed by atoms with van der Waals surface area (Å²) in [6.07, 6.45) is 2.34. The van der Waals surface area contributed by atoms with Gasteiger partial charge in [0.15, 0.2) is 5.65 Å². The maximum absolute atomic E-state index is 11.5. The molecular weight excluding hydrogens is 260 g/mol. The van der Waals surface area contributed by atoms with E-state index < -0.39 is 0 Å². The van der Waals surface area contributed by atoms with E-state index in [2.05, 4.69) is 37.9 Å². The molecule has 2 aromatic heterocycles. The molecule has 0 saturated heterocycles. The molecule has 2 rings (SSSR count). The third-order valence-corrected chi connectivity index (χ3v) is 3.02. The number of nitrogens with zero attached hydrogens (tertiary/aromatic N) is 3. The van der Waals surface area contributed by atoms with Gasteiger partial charge in [-0.1, -0.05) is 6.92 Å². The van der Waals surface area contributed by atoms with E-state index in [-0.39, 0.29) is 11.6 Å². The molecule has 0 aliphatic rings. The number of H-pyrrole nitrogens is 1. The third-order valence-electron chi connectivity index (χ3n) is 2.46. The Morgan fingerprint density at radius 2 is 2.40 bits per heavy atom. The number of halogens is 1. The molecule has 15 heavy (non-hydrogen) atoms. The summed E-state index contributed by atoms with van der Waals surface area (Å²) in [4.78, 5) is 18.2. The highest BCUT2D eigenvalue weighted by Gasteiger charge is 2.15. The maximum atomic E-state index is 11.5. The van der Waals surface area contributed by atoms with Crippen LogP contribution < -0.4 is 5.56 Å². The van der Waals surface area contributed by atoms with Crippen molar-refractivity contribution in [2.75, 3.05) is 0 Å². The molecule has 80 valence electrons. The summed E-state index contributed by atoms with van der Waals surface area (Å²) < 4.78 is 2.32. The van der Waals surface area contributed by atoms with Crippen LogP contribution in [0, 0.1) is 0 Å². The molecule has 2 heterocycles. The van der Waals surface area contributed by atoms with Gasteiger partial charge in [0.25, 0.3) is 5.56 Å². The van der Waals surface area contributed by atoms with Gasteiger partial charge < -0.3 is 4.98 Å².